The maximum atomic E-state index is 10.6. The van der Waals surface area contributed by atoms with Crippen molar-refractivity contribution in [3.63, 3.8) is 0 Å². The van der Waals surface area contributed by atoms with Gasteiger partial charge in [-0.15, -0.1) is 0 Å². The highest BCUT2D eigenvalue weighted by molar-refractivity contribution is 5.71. The maximum Gasteiger partial charge on any atom is 0.352 e. The van der Waals surface area contributed by atoms with Crippen molar-refractivity contribution in [2.24, 2.45) is 0 Å². The number of hydrogen-bond donors (Lipinski definition) is 1. The van der Waals surface area contributed by atoms with Crippen molar-refractivity contribution in [1.82, 2.24) is 0 Å². The fourth-order valence-electron chi connectivity index (χ4n) is 1.21. The Bertz CT molecular complexity index is 411. The van der Waals surface area contributed by atoms with E-state index in [1.165, 1.54) is 6.92 Å². The average Bonchev–Trinajstić information content (AvgIpc) is 2.18. The predicted molar refractivity (Wildman–Crippen MR) is 54.9 cm³/mol. The first-order valence-corrected chi connectivity index (χ1v) is 4.66. The quantitative estimate of drug-likeness (QED) is 0.619. The summed E-state index contributed by atoms with van der Waals surface area (Å²) in [5, 5.41) is 8.67. The third-order valence-electron chi connectivity index (χ3n) is 1.99. The lowest BCUT2D eigenvalue weighted by Gasteiger charge is -2.08. The van der Waals surface area contributed by atoms with Crippen LogP contribution in [0.15, 0.2) is 18.2 Å². The van der Waals surface area contributed by atoms with Gasteiger partial charge in [0, 0.05) is 12.5 Å². The van der Waals surface area contributed by atoms with E-state index in [4.69, 9.17) is 9.99 Å². The zero-order valence-corrected chi connectivity index (χ0v) is 9.02. The number of aliphatic carboxylic acids is 1. The van der Waals surface area contributed by atoms with Crippen molar-refractivity contribution in [1.29, 1.82) is 0 Å². The number of carbonyl (C=O) groups is 2. The van der Waals surface area contributed by atoms with E-state index in [9.17, 15) is 9.59 Å². The first-order chi connectivity index (χ1) is 7.50. The summed E-state index contributed by atoms with van der Waals surface area (Å²) < 4.78 is 0. The smallest absolute Gasteiger partial charge is 0.352 e. The van der Waals surface area contributed by atoms with E-state index in [2.05, 4.69) is 4.89 Å². The van der Waals surface area contributed by atoms with Gasteiger partial charge in [-0.05, 0) is 18.6 Å². The molecule has 1 aromatic carbocycles. The molecule has 0 fully saturated rings. The number of carbonyl (C=O) groups excluding carboxylic acids is 1. The summed E-state index contributed by atoms with van der Waals surface area (Å²) in [6, 6.07) is 4.93. The number of carboxylic acids is 1. The van der Waals surface area contributed by atoms with E-state index in [-0.39, 0.29) is 6.42 Å². The van der Waals surface area contributed by atoms with Gasteiger partial charge < -0.3 is 5.11 Å². The van der Waals surface area contributed by atoms with Gasteiger partial charge in [0.25, 0.3) is 0 Å². The molecule has 0 aliphatic carbocycles. The van der Waals surface area contributed by atoms with E-state index in [1.54, 1.807) is 25.1 Å². The SMILES string of the molecule is CC(=O)OOc1cccc(CC(=O)O)c1C. The molecular formula is C11H12O5. The summed E-state index contributed by atoms with van der Waals surface area (Å²) in [4.78, 5) is 30.3. The van der Waals surface area contributed by atoms with Gasteiger partial charge in [0.15, 0.2) is 5.75 Å². The molecule has 5 nitrogen and oxygen atoms in total. The van der Waals surface area contributed by atoms with Gasteiger partial charge in [-0.25, -0.2) is 4.79 Å². The summed E-state index contributed by atoms with van der Waals surface area (Å²) in [6.45, 7) is 2.92. The standard InChI is InChI=1S/C11H12O5/c1-7-9(6-11(13)14)4-3-5-10(7)16-15-8(2)12/h3-5H,6H2,1-2H3,(H,13,14). The molecule has 0 spiro atoms. The van der Waals surface area contributed by atoms with Gasteiger partial charge in [-0.1, -0.05) is 12.1 Å². The van der Waals surface area contributed by atoms with Crippen LogP contribution in [0.4, 0.5) is 0 Å². The van der Waals surface area contributed by atoms with Gasteiger partial charge in [0.1, 0.15) is 0 Å². The Morgan fingerprint density at radius 1 is 1.38 bits per heavy atom. The topological polar surface area (TPSA) is 72.8 Å². The normalized spacial score (nSPS) is 9.62. The van der Waals surface area contributed by atoms with Crippen molar-refractivity contribution < 1.29 is 24.5 Å². The molecule has 0 unspecified atom stereocenters. The van der Waals surface area contributed by atoms with Crippen LogP contribution >= 0.6 is 0 Å². The molecule has 1 N–H and O–H groups in total. The summed E-state index contributed by atoms with van der Waals surface area (Å²) in [7, 11) is 0. The van der Waals surface area contributed by atoms with Crippen LogP contribution in [0.3, 0.4) is 0 Å². The van der Waals surface area contributed by atoms with Crippen LogP contribution in [-0.4, -0.2) is 17.0 Å². The lowest BCUT2D eigenvalue weighted by molar-refractivity contribution is -0.211. The zero-order chi connectivity index (χ0) is 12.1. The summed E-state index contributed by atoms with van der Waals surface area (Å²) in [5.74, 6) is -1.15. The van der Waals surface area contributed by atoms with E-state index in [0.717, 1.165) is 0 Å². The first-order valence-electron chi connectivity index (χ1n) is 4.66. The first kappa shape index (κ1) is 12.0. The highest BCUT2D eigenvalue weighted by Crippen LogP contribution is 2.22. The summed E-state index contributed by atoms with van der Waals surface area (Å²) in [5.41, 5.74) is 1.27. The lowest BCUT2D eigenvalue weighted by atomic mass is 10.1. The fraction of sp³-hybridized carbons (Fsp3) is 0.273. The third-order valence-corrected chi connectivity index (χ3v) is 1.99. The zero-order valence-electron chi connectivity index (χ0n) is 9.02. The van der Waals surface area contributed by atoms with Gasteiger partial charge in [-0.2, -0.15) is 0 Å². The average molecular weight is 224 g/mol. The molecule has 0 amide bonds. The molecule has 5 heteroatoms. The Morgan fingerprint density at radius 2 is 2.06 bits per heavy atom. The second kappa shape index (κ2) is 5.16. The second-order valence-electron chi connectivity index (χ2n) is 3.27. The highest BCUT2D eigenvalue weighted by Gasteiger charge is 2.09. The second-order valence-corrected chi connectivity index (χ2v) is 3.27. The van der Waals surface area contributed by atoms with Crippen molar-refractivity contribution in [2.75, 3.05) is 0 Å². The minimum atomic E-state index is -0.923. The van der Waals surface area contributed by atoms with Crippen molar-refractivity contribution >= 4 is 11.9 Å². The Morgan fingerprint density at radius 3 is 2.62 bits per heavy atom. The molecule has 1 aromatic rings. The van der Waals surface area contributed by atoms with Crippen molar-refractivity contribution in [3.8, 4) is 5.75 Å². The Balaban J connectivity index is 2.85. The molecule has 86 valence electrons. The van der Waals surface area contributed by atoms with Crippen LogP contribution in [0.5, 0.6) is 5.75 Å². The van der Waals surface area contributed by atoms with Crippen LogP contribution in [0.25, 0.3) is 0 Å². The predicted octanol–water partition coefficient (Wildman–Crippen LogP) is 1.48. The molecule has 0 atom stereocenters. The van der Waals surface area contributed by atoms with Gasteiger partial charge >= 0.3 is 11.9 Å². The van der Waals surface area contributed by atoms with E-state index < -0.39 is 11.9 Å². The van der Waals surface area contributed by atoms with E-state index >= 15 is 0 Å². The Labute approximate surface area is 92.5 Å². The monoisotopic (exact) mass is 224 g/mol. The molecular weight excluding hydrogens is 212 g/mol. The third kappa shape index (κ3) is 3.27. The number of hydrogen-bond acceptors (Lipinski definition) is 4. The molecule has 0 aliphatic rings. The Hall–Kier alpha value is -2.04. The van der Waals surface area contributed by atoms with Gasteiger partial charge in [-0.3, -0.25) is 14.6 Å². The van der Waals surface area contributed by atoms with E-state index in [1.807, 2.05) is 0 Å². The van der Waals surface area contributed by atoms with Gasteiger partial charge in [0.05, 0.1) is 6.42 Å². The minimum absolute atomic E-state index is 0.0941. The van der Waals surface area contributed by atoms with Gasteiger partial charge in [0.2, 0.25) is 0 Å². The minimum Gasteiger partial charge on any atom is -0.481 e. The molecule has 0 radical (unpaired) electrons. The highest BCUT2D eigenvalue weighted by atomic mass is 17.2. The fourth-order valence-corrected chi connectivity index (χ4v) is 1.21. The summed E-state index contributed by atoms with van der Waals surface area (Å²) >= 11 is 0. The van der Waals surface area contributed by atoms with Crippen LogP contribution in [0, 0.1) is 6.92 Å². The number of benzene rings is 1. The summed E-state index contributed by atoms with van der Waals surface area (Å²) in [6.07, 6.45) is -0.0941. The molecule has 0 aromatic heterocycles. The number of rotatable bonds is 4. The van der Waals surface area contributed by atoms with Crippen molar-refractivity contribution in [2.45, 2.75) is 20.3 Å². The molecule has 0 heterocycles. The lowest BCUT2D eigenvalue weighted by Crippen LogP contribution is -2.06. The molecule has 16 heavy (non-hydrogen) atoms. The largest absolute Gasteiger partial charge is 0.481 e. The maximum absolute atomic E-state index is 10.6. The molecule has 0 saturated carbocycles. The van der Waals surface area contributed by atoms with Crippen LogP contribution in [0.1, 0.15) is 18.1 Å². The van der Waals surface area contributed by atoms with E-state index in [0.29, 0.717) is 16.9 Å². The van der Waals surface area contributed by atoms with Crippen LogP contribution in [-0.2, 0) is 20.9 Å². The molecule has 0 bridgehead atoms. The number of carboxylic acid groups (broad SMARTS) is 1. The van der Waals surface area contributed by atoms with Crippen LogP contribution in [0.2, 0.25) is 0 Å². The van der Waals surface area contributed by atoms with Crippen molar-refractivity contribution in [3.05, 3.63) is 29.3 Å². The molecule has 1 rings (SSSR count). The molecule has 0 saturated heterocycles. The van der Waals surface area contributed by atoms with Crippen LogP contribution < -0.4 is 4.89 Å². The Kier molecular flexibility index (Phi) is 3.88. The molecule has 0 aliphatic heterocycles.